The molecule has 2 rings (SSSR count). The van der Waals surface area contributed by atoms with Crippen molar-refractivity contribution in [3.8, 4) is 0 Å². The van der Waals surface area contributed by atoms with Crippen LogP contribution in [0.25, 0.3) is 17.0 Å². The van der Waals surface area contributed by atoms with E-state index in [1.165, 1.54) is 0 Å². The highest BCUT2D eigenvalue weighted by Gasteiger charge is 1.94. The lowest BCUT2D eigenvalue weighted by Crippen LogP contribution is -1.86. The van der Waals surface area contributed by atoms with Crippen LogP contribution in [0.5, 0.6) is 0 Å². The zero-order valence-electron chi connectivity index (χ0n) is 8.96. The van der Waals surface area contributed by atoms with Crippen molar-refractivity contribution >= 4 is 22.7 Å². The molecule has 0 unspecified atom stereocenters. The molecule has 0 saturated carbocycles. The summed E-state index contributed by atoms with van der Waals surface area (Å²) in [6.45, 7) is 1.72. The van der Waals surface area contributed by atoms with Crippen LogP contribution >= 0.6 is 0 Å². The first kappa shape index (κ1) is 10.4. The molecule has 1 aromatic heterocycles. The Morgan fingerprint density at radius 2 is 2.06 bits per heavy atom. The Balaban J connectivity index is 2.36. The molecular formula is C13H12N2O. The molecule has 0 aliphatic carbocycles. The molecule has 1 heterocycles. The number of pyridine rings is 1. The molecule has 0 spiro atoms. The molecule has 80 valence electrons. The Bertz CT molecular complexity index is 559. The summed E-state index contributed by atoms with van der Waals surface area (Å²) in [7, 11) is 0. The predicted octanol–water partition coefficient (Wildman–Crippen LogP) is 3.10. The topological polar surface area (TPSA) is 45.5 Å². The maximum absolute atomic E-state index is 8.50. The summed E-state index contributed by atoms with van der Waals surface area (Å²) in [6.07, 6.45) is 3.54. The highest BCUT2D eigenvalue weighted by atomic mass is 16.4. The summed E-state index contributed by atoms with van der Waals surface area (Å²) in [5.41, 5.74) is 2.36. The Hall–Kier alpha value is -2.16. The summed E-state index contributed by atoms with van der Waals surface area (Å²) in [5, 5.41) is 12.7. The highest BCUT2D eigenvalue weighted by Crippen LogP contribution is 2.12. The predicted molar refractivity (Wildman–Crippen MR) is 65.7 cm³/mol. The average Bonchev–Trinajstić information content (AvgIpc) is 2.35. The van der Waals surface area contributed by atoms with Crippen LogP contribution in [0.3, 0.4) is 0 Å². The van der Waals surface area contributed by atoms with E-state index in [-0.39, 0.29) is 0 Å². The molecule has 0 aliphatic heterocycles. The molecule has 1 N–H and O–H groups in total. The Morgan fingerprint density at radius 3 is 2.88 bits per heavy atom. The lowest BCUT2D eigenvalue weighted by Gasteiger charge is -1.97. The minimum atomic E-state index is 0.551. The van der Waals surface area contributed by atoms with Gasteiger partial charge in [0.05, 0.1) is 16.9 Å². The van der Waals surface area contributed by atoms with Gasteiger partial charge in [0.2, 0.25) is 0 Å². The highest BCUT2D eigenvalue weighted by molar-refractivity contribution is 5.95. The van der Waals surface area contributed by atoms with Crippen LogP contribution in [0.4, 0.5) is 0 Å². The molecule has 16 heavy (non-hydrogen) atoms. The monoisotopic (exact) mass is 212 g/mol. The van der Waals surface area contributed by atoms with E-state index < -0.39 is 0 Å². The number of allylic oxidation sites excluding steroid dienone is 1. The number of benzene rings is 1. The fourth-order valence-corrected chi connectivity index (χ4v) is 1.41. The van der Waals surface area contributed by atoms with E-state index >= 15 is 0 Å². The molecule has 0 radical (unpaired) electrons. The molecule has 1 aromatic carbocycles. The summed E-state index contributed by atoms with van der Waals surface area (Å²) in [5.74, 6) is 0. The molecule has 0 fully saturated rings. The maximum atomic E-state index is 8.50. The van der Waals surface area contributed by atoms with E-state index in [1.807, 2.05) is 42.5 Å². The van der Waals surface area contributed by atoms with Gasteiger partial charge in [-0.05, 0) is 31.2 Å². The van der Waals surface area contributed by atoms with E-state index in [2.05, 4.69) is 10.1 Å². The number of hydrogen-bond acceptors (Lipinski definition) is 3. The third-order valence-electron chi connectivity index (χ3n) is 2.27. The maximum Gasteiger partial charge on any atom is 0.0765 e. The van der Waals surface area contributed by atoms with Crippen LogP contribution in [-0.2, 0) is 0 Å². The van der Waals surface area contributed by atoms with Gasteiger partial charge in [0.15, 0.2) is 0 Å². The number of fused-ring (bicyclic) bond motifs is 1. The van der Waals surface area contributed by atoms with E-state index in [9.17, 15) is 0 Å². The van der Waals surface area contributed by atoms with Gasteiger partial charge in [-0.15, -0.1) is 0 Å². The summed E-state index contributed by atoms with van der Waals surface area (Å²) < 4.78 is 0. The van der Waals surface area contributed by atoms with Crippen molar-refractivity contribution in [1.29, 1.82) is 0 Å². The number of hydrogen-bond donors (Lipinski definition) is 1. The lowest BCUT2D eigenvalue weighted by molar-refractivity contribution is 0.319. The van der Waals surface area contributed by atoms with Crippen LogP contribution in [0.2, 0.25) is 0 Å². The lowest BCUT2D eigenvalue weighted by atomic mass is 10.2. The Kier molecular flexibility index (Phi) is 2.96. The smallest absolute Gasteiger partial charge is 0.0765 e. The molecule has 0 aliphatic rings. The standard InChI is InChI=1S/C13H12N2O/c1-10(15-16)6-8-12-9-7-11-4-2-3-5-13(11)14-12/h2-9,16H,1H3/b8-6+,15-10?. The van der Waals surface area contributed by atoms with Gasteiger partial charge in [-0.3, -0.25) is 0 Å². The van der Waals surface area contributed by atoms with Crippen molar-refractivity contribution < 1.29 is 5.21 Å². The second kappa shape index (κ2) is 4.57. The number of para-hydroxylation sites is 1. The largest absolute Gasteiger partial charge is 0.411 e. The minimum absolute atomic E-state index is 0.551. The third-order valence-corrected chi connectivity index (χ3v) is 2.27. The van der Waals surface area contributed by atoms with Crippen molar-refractivity contribution in [2.75, 3.05) is 0 Å². The molecule has 0 amide bonds. The first-order valence-electron chi connectivity index (χ1n) is 5.02. The van der Waals surface area contributed by atoms with Crippen LogP contribution in [0, 0.1) is 0 Å². The molecule has 2 aromatic rings. The SMILES string of the molecule is CC(/C=C/c1ccc2ccccc2n1)=NO. The zero-order valence-corrected chi connectivity index (χ0v) is 8.96. The van der Waals surface area contributed by atoms with E-state index in [0.717, 1.165) is 16.6 Å². The first-order chi connectivity index (χ1) is 7.79. The van der Waals surface area contributed by atoms with Crippen molar-refractivity contribution in [3.63, 3.8) is 0 Å². The second-order valence-electron chi connectivity index (χ2n) is 3.50. The van der Waals surface area contributed by atoms with Gasteiger partial charge >= 0.3 is 0 Å². The van der Waals surface area contributed by atoms with Crippen molar-refractivity contribution in [1.82, 2.24) is 4.98 Å². The normalized spacial score (nSPS) is 12.4. The van der Waals surface area contributed by atoms with Crippen LogP contribution in [0.15, 0.2) is 47.6 Å². The molecule has 3 nitrogen and oxygen atoms in total. The zero-order chi connectivity index (χ0) is 11.4. The molecule has 0 bridgehead atoms. The van der Waals surface area contributed by atoms with Gasteiger partial charge in [0, 0.05) is 5.39 Å². The van der Waals surface area contributed by atoms with Crippen molar-refractivity contribution in [2.24, 2.45) is 5.16 Å². The van der Waals surface area contributed by atoms with Gasteiger partial charge in [-0.2, -0.15) is 0 Å². The van der Waals surface area contributed by atoms with Crippen LogP contribution < -0.4 is 0 Å². The van der Waals surface area contributed by atoms with Gasteiger partial charge < -0.3 is 5.21 Å². The molecule has 0 saturated heterocycles. The van der Waals surface area contributed by atoms with Gasteiger partial charge in [0.1, 0.15) is 0 Å². The molecule has 3 heteroatoms. The average molecular weight is 212 g/mol. The number of nitrogens with zero attached hydrogens (tertiary/aromatic N) is 2. The summed E-state index contributed by atoms with van der Waals surface area (Å²) >= 11 is 0. The Morgan fingerprint density at radius 1 is 1.25 bits per heavy atom. The van der Waals surface area contributed by atoms with Crippen LogP contribution in [-0.4, -0.2) is 15.9 Å². The first-order valence-corrected chi connectivity index (χ1v) is 5.02. The number of aromatic nitrogens is 1. The van der Waals surface area contributed by atoms with Crippen LogP contribution in [0.1, 0.15) is 12.6 Å². The summed E-state index contributed by atoms with van der Waals surface area (Å²) in [6, 6.07) is 11.9. The molecular weight excluding hydrogens is 200 g/mol. The quantitative estimate of drug-likeness (QED) is 0.472. The van der Waals surface area contributed by atoms with E-state index in [0.29, 0.717) is 5.71 Å². The summed E-state index contributed by atoms with van der Waals surface area (Å²) in [4.78, 5) is 4.46. The number of oxime groups is 1. The third kappa shape index (κ3) is 2.25. The van der Waals surface area contributed by atoms with E-state index in [4.69, 9.17) is 5.21 Å². The van der Waals surface area contributed by atoms with Gasteiger partial charge in [-0.25, -0.2) is 4.98 Å². The van der Waals surface area contributed by atoms with Gasteiger partial charge in [0.25, 0.3) is 0 Å². The molecule has 0 atom stereocenters. The fraction of sp³-hybridized carbons (Fsp3) is 0.0769. The second-order valence-corrected chi connectivity index (χ2v) is 3.50. The minimum Gasteiger partial charge on any atom is -0.411 e. The van der Waals surface area contributed by atoms with E-state index in [1.54, 1.807) is 13.0 Å². The Labute approximate surface area is 93.7 Å². The van der Waals surface area contributed by atoms with Gasteiger partial charge in [-0.1, -0.05) is 29.4 Å². The van der Waals surface area contributed by atoms with Crippen molar-refractivity contribution in [2.45, 2.75) is 6.92 Å². The fourth-order valence-electron chi connectivity index (χ4n) is 1.41. The van der Waals surface area contributed by atoms with Crippen molar-refractivity contribution in [3.05, 3.63) is 48.2 Å². The number of rotatable bonds is 2.